The lowest BCUT2D eigenvalue weighted by molar-refractivity contribution is 0.184. The molecule has 0 bridgehead atoms. The molecule has 3 heteroatoms. The Kier molecular flexibility index (Phi) is 4.64. The molecule has 0 aliphatic carbocycles. The number of rotatable bonds is 5. The molecule has 0 aliphatic heterocycles. The number of fused-ring (bicyclic) bond motifs is 1. The Balaban J connectivity index is 2.14. The van der Waals surface area contributed by atoms with E-state index in [9.17, 15) is 0 Å². The summed E-state index contributed by atoms with van der Waals surface area (Å²) in [6.07, 6.45) is 0.842. The number of ether oxygens (including phenoxy) is 1. The van der Waals surface area contributed by atoms with E-state index in [1.165, 1.54) is 22.2 Å². The molecule has 3 aromatic rings. The third-order valence-corrected chi connectivity index (χ3v) is 4.80. The van der Waals surface area contributed by atoms with Gasteiger partial charge in [0.2, 0.25) is 0 Å². The van der Waals surface area contributed by atoms with Crippen LogP contribution in [0.25, 0.3) is 22.2 Å². The van der Waals surface area contributed by atoms with Crippen molar-refractivity contribution in [3.8, 4) is 17.0 Å². The lowest BCUT2D eigenvalue weighted by atomic mass is 10.1. The van der Waals surface area contributed by atoms with E-state index < -0.39 is 4.93 Å². The van der Waals surface area contributed by atoms with Crippen molar-refractivity contribution in [3.05, 3.63) is 54.6 Å². The molecule has 24 heavy (non-hydrogen) atoms. The third-order valence-electron chi connectivity index (χ3n) is 4.39. The molecule has 126 valence electrons. The highest BCUT2D eigenvalue weighted by Crippen LogP contribution is 2.34. The summed E-state index contributed by atoms with van der Waals surface area (Å²) in [6.45, 7) is 8.51. The van der Waals surface area contributed by atoms with Crippen LogP contribution >= 0.6 is 12.6 Å². The predicted molar refractivity (Wildman–Crippen MR) is 106 cm³/mol. The van der Waals surface area contributed by atoms with E-state index in [-0.39, 0.29) is 0 Å². The zero-order valence-corrected chi connectivity index (χ0v) is 15.7. The van der Waals surface area contributed by atoms with Crippen molar-refractivity contribution in [2.75, 3.05) is 0 Å². The fourth-order valence-electron chi connectivity index (χ4n) is 2.98. The van der Waals surface area contributed by atoms with Gasteiger partial charge in [0, 0.05) is 23.2 Å². The zero-order valence-electron chi connectivity index (χ0n) is 14.8. The van der Waals surface area contributed by atoms with Crippen molar-refractivity contribution >= 4 is 23.5 Å². The van der Waals surface area contributed by atoms with Crippen LogP contribution < -0.4 is 4.74 Å². The van der Waals surface area contributed by atoms with Crippen LogP contribution in [0.2, 0.25) is 0 Å². The van der Waals surface area contributed by atoms with E-state index >= 15 is 0 Å². The smallest absolute Gasteiger partial charge is 0.148 e. The topological polar surface area (TPSA) is 14.2 Å². The molecule has 1 heterocycles. The molecule has 0 radical (unpaired) electrons. The fourth-order valence-corrected chi connectivity index (χ4v) is 3.08. The van der Waals surface area contributed by atoms with Gasteiger partial charge in [0.1, 0.15) is 10.7 Å². The summed E-state index contributed by atoms with van der Waals surface area (Å²) in [5.41, 5.74) is 3.67. The Labute approximate surface area is 149 Å². The van der Waals surface area contributed by atoms with Crippen molar-refractivity contribution in [1.29, 1.82) is 0 Å². The molecule has 2 aromatic carbocycles. The molecule has 0 N–H and O–H groups in total. The molecule has 1 aromatic heterocycles. The highest BCUT2D eigenvalue weighted by Gasteiger charge is 2.19. The first-order chi connectivity index (χ1) is 11.4. The second-order valence-electron chi connectivity index (χ2n) is 6.71. The lowest BCUT2D eigenvalue weighted by Crippen LogP contribution is -2.23. The fraction of sp³-hybridized carbons (Fsp3) is 0.333. The summed E-state index contributed by atoms with van der Waals surface area (Å²) in [5, 5.41) is 1.23. The minimum Gasteiger partial charge on any atom is -0.477 e. The van der Waals surface area contributed by atoms with E-state index in [0.717, 1.165) is 12.2 Å². The number of nitrogens with zero attached hydrogens (tertiary/aromatic N) is 1. The van der Waals surface area contributed by atoms with Gasteiger partial charge in [-0.1, -0.05) is 37.3 Å². The Morgan fingerprint density at radius 3 is 2.42 bits per heavy atom. The van der Waals surface area contributed by atoms with E-state index in [1.807, 2.05) is 13.0 Å². The number of benzene rings is 2. The van der Waals surface area contributed by atoms with Crippen LogP contribution in [-0.2, 0) is 0 Å². The van der Waals surface area contributed by atoms with Crippen LogP contribution in [0.15, 0.2) is 54.6 Å². The summed E-state index contributed by atoms with van der Waals surface area (Å²) in [6, 6.07) is 19.5. The van der Waals surface area contributed by atoms with Crippen LogP contribution in [0, 0.1) is 0 Å². The molecule has 0 amide bonds. The van der Waals surface area contributed by atoms with Gasteiger partial charge in [0.05, 0.1) is 5.52 Å². The van der Waals surface area contributed by atoms with Gasteiger partial charge in [-0.25, -0.2) is 0 Å². The molecular weight excluding hydrogens is 314 g/mol. The van der Waals surface area contributed by atoms with Gasteiger partial charge in [-0.15, -0.1) is 12.6 Å². The summed E-state index contributed by atoms with van der Waals surface area (Å²) < 4.78 is 8.43. The van der Waals surface area contributed by atoms with Crippen LogP contribution in [0.1, 0.15) is 40.2 Å². The van der Waals surface area contributed by atoms with Gasteiger partial charge in [-0.05, 0) is 51.0 Å². The molecule has 2 nitrogen and oxygen atoms in total. The first-order valence-electron chi connectivity index (χ1n) is 8.53. The maximum absolute atomic E-state index is 6.06. The Morgan fingerprint density at radius 2 is 1.79 bits per heavy atom. The van der Waals surface area contributed by atoms with Crippen LogP contribution in [0.4, 0.5) is 0 Å². The van der Waals surface area contributed by atoms with Crippen LogP contribution in [0.5, 0.6) is 5.75 Å². The lowest BCUT2D eigenvalue weighted by Gasteiger charge is -2.24. The molecule has 1 atom stereocenters. The third kappa shape index (κ3) is 3.32. The minimum atomic E-state index is -0.453. The number of aromatic nitrogens is 1. The summed E-state index contributed by atoms with van der Waals surface area (Å²) in [4.78, 5) is -0.453. The molecule has 0 aliphatic rings. The standard InChI is InChI=1S/C21H25NOS/c1-5-21(4,24)23-18-12-11-17-13-19(16-9-7-6-8-10-16)22(15(2)3)20(17)14-18/h6-15,24H,5H2,1-4H3. The van der Waals surface area contributed by atoms with Gasteiger partial charge >= 0.3 is 0 Å². The molecular formula is C21H25NOS. The Bertz CT molecular complexity index is 834. The van der Waals surface area contributed by atoms with Crippen molar-refractivity contribution in [2.45, 2.75) is 45.1 Å². The Morgan fingerprint density at radius 1 is 1.08 bits per heavy atom. The van der Waals surface area contributed by atoms with Gasteiger partial charge < -0.3 is 9.30 Å². The molecule has 0 fully saturated rings. The average Bonchev–Trinajstić information content (AvgIpc) is 2.94. The second kappa shape index (κ2) is 6.56. The van der Waals surface area contributed by atoms with Gasteiger partial charge in [0.15, 0.2) is 0 Å². The molecule has 0 spiro atoms. The SMILES string of the molecule is CCC(C)(S)Oc1ccc2cc(-c3ccccc3)n(C(C)C)c2c1. The first kappa shape index (κ1) is 17.0. The van der Waals surface area contributed by atoms with Crippen LogP contribution in [0.3, 0.4) is 0 Å². The van der Waals surface area contributed by atoms with E-state index in [1.54, 1.807) is 0 Å². The minimum absolute atomic E-state index is 0.363. The Hall–Kier alpha value is -1.87. The maximum Gasteiger partial charge on any atom is 0.148 e. The van der Waals surface area contributed by atoms with E-state index in [0.29, 0.717) is 6.04 Å². The highest BCUT2D eigenvalue weighted by molar-refractivity contribution is 7.81. The van der Waals surface area contributed by atoms with E-state index in [4.69, 9.17) is 4.74 Å². The van der Waals surface area contributed by atoms with Gasteiger partial charge in [-0.3, -0.25) is 0 Å². The monoisotopic (exact) mass is 339 g/mol. The van der Waals surface area contributed by atoms with Crippen molar-refractivity contribution in [3.63, 3.8) is 0 Å². The largest absolute Gasteiger partial charge is 0.477 e. The van der Waals surface area contributed by atoms with Gasteiger partial charge in [0.25, 0.3) is 0 Å². The predicted octanol–water partition coefficient (Wildman–Crippen LogP) is 6.32. The summed E-state index contributed by atoms with van der Waals surface area (Å²) in [7, 11) is 0. The number of hydrogen-bond acceptors (Lipinski definition) is 2. The average molecular weight is 340 g/mol. The second-order valence-corrected chi connectivity index (χ2v) is 7.66. The summed E-state index contributed by atoms with van der Waals surface area (Å²) >= 11 is 4.59. The number of hydrogen-bond donors (Lipinski definition) is 1. The number of thiol groups is 1. The molecule has 3 rings (SSSR count). The van der Waals surface area contributed by atoms with Crippen molar-refractivity contribution < 1.29 is 4.74 Å². The van der Waals surface area contributed by atoms with Crippen molar-refractivity contribution in [1.82, 2.24) is 4.57 Å². The highest BCUT2D eigenvalue weighted by atomic mass is 32.1. The molecule has 1 unspecified atom stereocenters. The zero-order chi connectivity index (χ0) is 17.3. The van der Waals surface area contributed by atoms with E-state index in [2.05, 4.69) is 86.5 Å². The maximum atomic E-state index is 6.06. The molecule has 0 saturated heterocycles. The summed E-state index contributed by atoms with van der Waals surface area (Å²) in [5.74, 6) is 0.862. The van der Waals surface area contributed by atoms with Crippen LogP contribution in [-0.4, -0.2) is 9.50 Å². The quantitative estimate of drug-likeness (QED) is 0.424. The van der Waals surface area contributed by atoms with Crippen molar-refractivity contribution in [2.24, 2.45) is 0 Å². The molecule has 0 saturated carbocycles. The van der Waals surface area contributed by atoms with Gasteiger partial charge in [-0.2, -0.15) is 0 Å². The first-order valence-corrected chi connectivity index (χ1v) is 8.98. The normalized spacial score (nSPS) is 14.1.